The van der Waals surface area contributed by atoms with Crippen LogP contribution in [0.3, 0.4) is 0 Å². The number of hydrazone groups is 1. The number of unbranched alkanes of at least 4 members (excludes halogenated alkanes) is 10. The molecule has 7 heteroatoms. The summed E-state index contributed by atoms with van der Waals surface area (Å²) in [6, 6.07) is 5.17. The van der Waals surface area contributed by atoms with Gasteiger partial charge in [-0.2, -0.15) is 18.3 Å². The summed E-state index contributed by atoms with van der Waals surface area (Å²) >= 11 is 4.45. The Hall–Kier alpha value is -1.37. The second-order valence-electron chi connectivity index (χ2n) is 7.73. The molecule has 164 valence electrons. The zero-order valence-electron chi connectivity index (χ0n) is 17.3. The first-order chi connectivity index (χ1) is 13.9. The van der Waals surface area contributed by atoms with Crippen molar-refractivity contribution in [2.45, 2.75) is 95.6 Å². The molecule has 0 fully saturated rings. The van der Waals surface area contributed by atoms with Crippen LogP contribution in [-0.4, -0.2) is 11.3 Å². The number of alkyl halides is 3. The normalized spacial score (nSPS) is 16.8. The van der Waals surface area contributed by atoms with Crippen LogP contribution in [-0.2, 0) is 6.18 Å². The van der Waals surface area contributed by atoms with Crippen LogP contribution in [0.2, 0.25) is 0 Å². The van der Waals surface area contributed by atoms with Crippen LogP contribution in [0, 0.1) is 0 Å². The molecule has 0 radical (unpaired) electrons. The zero-order chi connectivity index (χ0) is 21.1. The summed E-state index contributed by atoms with van der Waals surface area (Å²) in [5.74, 6) is 0.834. The number of hydrogen-bond acceptors (Lipinski definition) is 4. The van der Waals surface area contributed by atoms with Gasteiger partial charge in [0.2, 0.25) is 0 Å². The molecular weight excluding hydrogens is 395 g/mol. The molecule has 3 nitrogen and oxygen atoms in total. The van der Waals surface area contributed by atoms with Gasteiger partial charge in [-0.1, -0.05) is 71.1 Å². The first-order valence-corrected chi connectivity index (χ1v) is 11.4. The van der Waals surface area contributed by atoms with Gasteiger partial charge in [0.15, 0.2) is 5.50 Å². The van der Waals surface area contributed by atoms with E-state index in [1.807, 2.05) is 4.90 Å². The summed E-state index contributed by atoms with van der Waals surface area (Å²) in [5.41, 5.74) is 2.58. The Morgan fingerprint density at radius 1 is 0.897 bits per heavy atom. The van der Waals surface area contributed by atoms with Gasteiger partial charge in [0.05, 0.1) is 5.56 Å². The Morgan fingerprint density at radius 3 is 1.93 bits per heavy atom. The third-order valence-corrected chi connectivity index (χ3v) is 5.65. The van der Waals surface area contributed by atoms with Gasteiger partial charge in [-0.15, -0.1) is 12.6 Å². The highest BCUT2D eigenvalue weighted by Gasteiger charge is 2.31. The second-order valence-corrected chi connectivity index (χ2v) is 8.22. The van der Waals surface area contributed by atoms with Crippen molar-refractivity contribution in [3.63, 3.8) is 0 Å². The third kappa shape index (κ3) is 8.11. The minimum atomic E-state index is -4.32. The van der Waals surface area contributed by atoms with Crippen molar-refractivity contribution in [3.8, 4) is 0 Å². The fraction of sp³-hybridized carbons (Fsp3) is 0.682. The van der Waals surface area contributed by atoms with Crippen molar-refractivity contribution in [1.29, 1.82) is 0 Å². The molecule has 0 amide bonds. The van der Waals surface area contributed by atoms with E-state index >= 15 is 0 Å². The molecule has 0 aromatic heterocycles. The van der Waals surface area contributed by atoms with Crippen LogP contribution < -0.4 is 10.3 Å². The molecule has 0 saturated heterocycles. The first-order valence-electron chi connectivity index (χ1n) is 10.9. The van der Waals surface area contributed by atoms with E-state index in [9.17, 15) is 13.2 Å². The molecule has 1 aromatic rings. The Kier molecular flexibility index (Phi) is 10.2. The minimum Gasteiger partial charge on any atom is -0.297 e. The number of rotatable bonds is 13. The molecule has 0 saturated carbocycles. The van der Waals surface area contributed by atoms with E-state index < -0.39 is 11.7 Å². The van der Waals surface area contributed by atoms with Crippen LogP contribution in [0.25, 0.3) is 0 Å². The lowest BCUT2D eigenvalue weighted by Gasteiger charge is -2.24. The van der Waals surface area contributed by atoms with Gasteiger partial charge in [-0.25, -0.2) is 0 Å². The molecule has 1 unspecified atom stereocenters. The predicted molar refractivity (Wildman–Crippen MR) is 118 cm³/mol. The van der Waals surface area contributed by atoms with E-state index in [4.69, 9.17) is 0 Å². The lowest BCUT2D eigenvalue weighted by molar-refractivity contribution is -0.137. The molecule has 1 aliphatic heterocycles. The number of benzene rings is 1. The van der Waals surface area contributed by atoms with E-state index in [1.54, 1.807) is 0 Å². The number of anilines is 1. The molecule has 0 aliphatic carbocycles. The van der Waals surface area contributed by atoms with Crippen molar-refractivity contribution < 1.29 is 13.2 Å². The monoisotopic (exact) mass is 429 g/mol. The van der Waals surface area contributed by atoms with E-state index in [1.165, 1.54) is 69.9 Å². The van der Waals surface area contributed by atoms with Gasteiger partial charge < -0.3 is 0 Å². The molecule has 1 atom stereocenters. The number of nitrogens with one attached hydrogen (secondary N) is 1. The van der Waals surface area contributed by atoms with Gasteiger partial charge in [0.25, 0.3) is 0 Å². The topological polar surface area (TPSA) is 27.6 Å². The Labute approximate surface area is 178 Å². The average molecular weight is 430 g/mol. The molecule has 2 rings (SSSR count). The minimum absolute atomic E-state index is 0.352. The fourth-order valence-electron chi connectivity index (χ4n) is 3.61. The third-order valence-electron chi connectivity index (χ3n) is 5.31. The smallest absolute Gasteiger partial charge is 0.297 e. The van der Waals surface area contributed by atoms with Crippen molar-refractivity contribution >= 4 is 24.2 Å². The Bertz CT molecular complexity index is 617. The van der Waals surface area contributed by atoms with Crippen LogP contribution in [0.5, 0.6) is 0 Å². The molecule has 0 spiro atoms. The standard InChI is InChI=1S/C22H34F3N3S/c1-2-3-4-5-6-7-8-9-10-11-12-13-20-26-27-21(29)28(20)19-16-14-18(15-17-19)22(23,24)25/h14-17,21,27,29H,2-13H2,1H3. The SMILES string of the molecule is CCCCCCCCCCCCCC1=NNC(S)N1c1ccc(C(F)(F)F)cc1. The highest BCUT2D eigenvalue weighted by Crippen LogP contribution is 2.32. The molecule has 1 aromatic carbocycles. The number of thiol groups is 1. The lowest BCUT2D eigenvalue weighted by atomic mass is 10.0. The summed E-state index contributed by atoms with van der Waals surface area (Å²) in [7, 11) is 0. The average Bonchev–Trinajstić information content (AvgIpc) is 3.06. The molecule has 1 aliphatic rings. The van der Waals surface area contributed by atoms with Crippen molar-refractivity contribution in [3.05, 3.63) is 29.8 Å². The van der Waals surface area contributed by atoms with E-state index in [0.29, 0.717) is 5.69 Å². The van der Waals surface area contributed by atoms with Crippen LogP contribution in [0.1, 0.15) is 89.5 Å². The van der Waals surface area contributed by atoms with Gasteiger partial charge in [-0.3, -0.25) is 10.3 Å². The van der Waals surface area contributed by atoms with Gasteiger partial charge in [0.1, 0.15) is 5.84 Å². The quantitative estimate of drug-likeness (QED) is 0.253. The molecule has 29 heavy (non-hydrogen) atoms. The highest BCUT2D eigenvalue weighted by molar-refractivity contribution is 7.81. The van der Waals surface area contributed by atoms with E-state index in [2.05, 4.69) is 30.1 Å². The van der Waals surface area contributed by atoms with Gasteiger partial charge in [0, 0.05) is 12.1 Å². The number of nitrogens with zero attached hydrogens (tertiary/aromatic N) is 2. The molecule has 0 bridgehead atoms. The first kappa shape index (κ1) is 23.9. The lowest BCUT2D eigenvalue weighted by Crippen LogP contribution is -2.36. The van der Waals surface area contributed by atoms with Gasteiger partial charge in [-0.05, 0) is 30.7 Å². The largest absolute Gasteiger partial charge is 0.416 e. The maximum absolute atomic E-state index is 12.8. The van der Waals surface area contributed by atoms with Crippen LogP contribution in [0.15, 0.2) is 29.4 Å². The number of halogens is 3. The summed E-state index contributed by atoms with van der Waals surface area (Å²) in [5, 5.41) is 4.32. The fourth-order valence-corrected chi connectivity index (χ4v) is 3.93. The number of amidine groups is 1. The van der Waals surface area contributed by atoms with Crippen LogP contribution in [0.4, 0.5) is 18.9 Å². The second kappa shape index (κ2) is 12.4. The Balaban J connectivity index is 1.67. The maximum atomic E-state index is 12.8. The zero-order valence-corrected chi connectivity index (χ0v) is 18.2. The molecule has 1 heterocycles. The molecule has 1 N–H and O–H groups in total. The van der Waals surface area contributed by atoms with Gasteiger partial charge >= 0.3 is 6.18 Å². The summed E-state index contributed by atoms with van der Waals surface area (Å²) < 4.78 is 38.3. The van der Waals surface area contributed by atoms with Crippen molar-refractivity contribution in [2.75, 3.05) is 4.90 Å². The molecular formula is C22H34F3N3S. The van der Waals surface area contributed by atoms with E-state index in [-0.39, 0.29) is 5.50 Å². The van der Waals surface area contributed by atoms with E-state index in [0.717, 1.165) is 37.2 Å². The van der Waals surface area contributed by atoms with Crippen LogP contribution >= 0.6 is 12.6 Å². The summed E-state index contributed by atoms with van der Waals surface area (Å²) in [6.45, 7) is 2.24. The highest BCUT2D eigenvalue weighted by atomic mass is 32.1. The van der Waals surface area contributed by atoms with Crippen molar-refractivity contribution in [1.82, 2.24) is 5.43 Å². The predicted octanol–water partition coefficient (Wildman–Crippen LogP) is 7.34. The Morgan fingerprint density at radius 2 is 1.41 bits per heavy atom. The van der Waals surface area contributed by atoms with Crippen molar-refractivity contribution in [2.24, 2.45) is 5.10 Å². The number of hydrogen-bond donors (Lipinski definition) is 2. The summed E-state index contributed by atoms with van der Waals surface area (Å²) in [6.07, 6.45) is 10.5. The maximum Gasteiger partial charge on any atom is 0.416 e. The summed E-state index contributed by atoms with van der Waals surface area (Å²) in [4.78, 5) is 1.86.